The van der Waals surface area contributed by atoms with E-state index in [0.29, 0.717) is 11.4 Å². The molecule has 2 aromatic rings. The van der Waals surface area contributed by atoms with E-state index in [2.05, 4.69) is 10.6 Å². The van der Waals surface area contributed by atoms with Crippen molar-refractivity contribution in [3.8, 4) is 0 Å². The van der Waals surface area contributed by atoms with Crippen molar-refractivity contribution >= 4 is 28.4 Å². The van der Waals surface area contributed by atoms with E-state index in [9.17, 15) is 10.1 Å². The minimum atomic E-state index is -0.402. The van der Waals surface area contributed by atoms with Crippen LogP contribution in [0.25, 0.3) is 0 Å². The Kier molecular flexibility index (Phi) is 4.27. The molecule has 0 heterocycles. The summed E-state index contributed by atoms with van der Waals surface area (Å²) < 4.78 is 0. The molecule has 0 aliphatic heterocycles. The van der Waals surface area contributed by atoms with E-state index in [-0.39, 0.29) is 5.69 Å². The van der Waals surface area contributed by atoms with Gasteiger partial charge in [0, 0.05) is 56.0 Å². The maximum Gasteiger partial charge on any atom is 0.273 e. The van der Waals surface area contributed by atoms with Crippen molar-refractivity contribution in [2.75, 3.05) is 36.7 Å². The standard InChI is InChI=1S/C15H18N4O2/c1-16-12-8-13(10-15(9-12)19(20)21)17-11-4-6-14(7-5-11)18(2)3/h4-10,16-17H,1-3H3. The largest absolute Gasteiger partial charge is 0.388 e. The van der Waals surface area contributed by atoms with Crippen LogP contribution >= 0.6 is 0 Å². The number of nitrogens with one attached hydrogen (secondary N) is 2. The van der Waals surface area contributed by atoms with Gasteiger partial charge in [0.1, 0.15) is 0 Å². The maximum absolute atomic E-state index is 10.9. The smallest absolute Gasteiger partial charge is 0.273 e. The van der Waals surface area contributed by atoms with Crippen LogP contribution in [0.5, 0.6) is 0 Å². The number of benzene rings is 2. The summed E-state index contributed by atoms with van der Waals surface area (Å²) in [5.74, 6) is 0. The molecule has 0 saturated carbocycles. The zero-order chi connectivity index (χ0) is 15.4. The van der Waals surface area contributed by atoms with Gasteiger partial charge in [-0.2, -0.15) is 0 Å². The van der Waals surface area contributed by atoms with Gasteiger partial charge in [0.25, 0.3) is 5.69 Å². The first-order chi connectivity index (χ1) is 9.99. The third-order valence-electron chi connectivity index (χ3n) is 3.09. The number of non-ortho nitro benzene ring substituents is 1. The first kappa shape index (κ1) is 14.6. The fourth-order valence-electron chi connectivity index (χ4n) is 1.94. The fraction of sp³-hybridized carbons (Fsp3) is 0.200. The number of nitro groups is 1. The van der Waals surface area contributed by atoms with Crippen molar-refractivity contribution in [1.82, 2.24) is 0 Å². The molecule has 6 heteroatoms. The van der Waals surface area contributed by atoms with Gasteiger partial charge < -0.3 is 15.5 Å². The zero-order valence-corrected chi connectivity index (χ0v) is 12.3. The van der Waals surface area contributed by atoms with Gasteiger partial charge in [0.05, 0.1) is 4.92 Å². The van der Waals surface area contributed by atoms with E-state index in [1.165, 1.54) is 12.1 Å². The highest BCUT2D eigenvalue weighted by atomic mass is 16.6. The van der Waals surface area contributed by atoms with Gasteiger partial charge in [-0.05, 0) is 30.3 Å². The maximum atomic E-state index is 10.9. The van der Waals surface area contributed by atoms with E-state index in [4.69, 9.17) is 0 Å². The van der Waals surface area contributed by atoms with Gasteiger partial charge in [-0.15, -0.1) is 0 Å². The molecule has 0 aliphatic carbocycles. The molecule has 0 unspecified atom stereocenters. The van der Waals surface area contributed by atoms with Gasteiger partial charge >= 0.3 is 0 Å². The van der Waals surface area contributed by atoms with Crippen LogP contribution in [0, 0.1) is 10.1 Å². The molecule has 0 atom stereocenters. The third kappa shape index (κ3) is 3.62. The molecule has 21 heavy (non-hydrogen) atoms. The molecule has 110 valence electrons. The Labute approximate surface area is 123 Å². The lowest BCUT2D eigenvalue weighted by Crippen LogP contribution is -2.08. The Morgan fingerprint density at radius 2 is 1.62 bits per heavy atom. The van der Waals surface area contributed by atoms with E-state index in [1.54, 1.807) is 7.05 Å². The summed E-state index contributed by atoms with van der Waals surface area (Å²) in [4.78, 5) is 12.5. The Balaban J connectivity index is 2.26. The normalized spacial score (nSPS) is 10.0. The van der Waals surface area contributed by atoms with Crippen LogP contribution in [-0.2, 0) is 0 Å². The summed E-state index contributed by atoms with van der Waals surface area (Å²) in [6.45, 7) is 0. The molecular weight excluding hydrogens is 268 g/mol. The van der Waals surface area contributed by atoms with Crippen molar-refractivity contribution in [1.29, 1.82) is 0 Å². The van der Waals surface area contributed by atoms with Gasteiger partial charge in [0.15, 0.2) is 0 Å². The molecule has 0 bridgehead atoms. The quantitative estimate of drug-likeness (QED) is 0.650. The molecule has 0 radical (unpaired) electrons. The second-order valence-corrected chi connectivity index (χ2v) is 4.84. The average molecular weight is 286 g/mol. The average Bonchev–Trinajstić information content (AvgIpc) is 2.47. The third-order valence-corrected chi connectivity index (χ3v) is 3.09. The number of nitrogens with zero attached hydrogens (tertiary/aromatic N) is 2. The van der Waals surface area contributed by atoms with E-state index in [1.807, 2.05) is 49.3 Å². The zero-order valence-electron chi connectivity index (χ0n) is 12.3. The Morgan fingerprint density at radius 3 is 2.14 bits per heavy atom. The molecule has 2 rings (SSSR count). The van der Waals surface area contributed by atoms with Crippen LogP contribution < -0.4 is 15.5 Å². The van der Waals surface area contributed by atoms with Crippen molar-refractivity contribution < 1.29 is 4.92 Å². The van der Waals surface area contributed by atoms with Crippen molar-refractivity contribution in [3.05, 3.63) is 52.6 Å². The lowest BCUT2D eigenvalue weighted by molar-refractivity contribution is -0.384. The molecule has 2 N–H and O–H groups in total. The molecule has 0 amide bonds. The number of rotatable bonds is 5. The summed E-state index contributed by atoms with van der Waals surface area (Å²) in [6, 6.07) is 12.7. The summed E-state index contributed by atoms with van der Waals surface area (Å²) in [6.07, 6.45) is 0. The Morgan fingerprint density at radius 1 is 1.00 bits per heavy atom. The highest BCUT2D eigenvalue weighted by Crippen LogP contribution is 2.27. The summed E-state index contributed by atoms with van der Waals surface area (Å²) in [7, 11) is 5.68. The lowest BCUT2D eigenvalue weighted by atomic mass is 10.2. The molecular formula is C15H18N4O2. The Bertz CT molecular complexity index is 639. The molecule has 0 spiro atoms. The topological polar surface area (TPSA) is 70.4 Å². The Hall–Kier alpha value is -2.76. The monoisotopic (exact) mass is 286 g/mol. The van der Waals surface area contributed by atoms with E-state index < -0.39 is 4.92 Å². The minimum Gasteiger partial charge on any atom is -0.388 e. The first-order valence-corrected chi connectivity index (χ1v) is 6.51. The molecule has 6 nitrogen and oxygen atoms in total. The predicted octanol–water partition coefficient (Wildman–Crippen LogP) is 3.45. The molecule has 2 aromatic carbocycles. The SMILES string of the molecule is CNc1cc(Nc2ccc(N(C)C)cc2)cc([N+](=O)[O-])c1. The van der Waals surface area contributed by atoms with Crippen LogP contribution in [0.3, 0.4) is 0 Å². The number of hydrogen-bond acceptors (Lipinski definition) is 5. The van der Waals surface area contributed by atoms with E-state index in [0.717, 1.165) is 11.4 Å². The van der Waals surface area contributed by atoms with Crippen LogP contribution in [0.4, 0.5) is 28.4 Å². The highest BCUT2D eigenvalue weighted by molar-refractivity contribution is 5.69. The summed E-state index contributed by atoms with van der Waals surface area (Å²) >= 11 is 0. The second-order valence-electron chi connectivity index (χ2n) is 4.84. The highest BCUT2D eigenvalue weighted by Gasteiger charge is 2.09. The van der Waals surface area contributed by atoms with Gasteiger partial charge in [-0.3, -0.25) is 10.1 Å². The van der Waals surface area contributed by atoms with Gasteiger partial charge in [-0.1, -0.05) is 0 Å². The predicted molar refractivity (Wildman–Crippen MR) is 86.7 cm³/mol. The van der Waals surface area contributed by atoms with Crippen LogP contribution in [0.2, 0.25) is 0 Å². The minimum absolute atomic E-state index is 0.0502. The van der Waals surface area contributed by atoms with Crippen molar-refractivity contribution in [2.45, 2.75) is 0 Å². The van der Waals surface area contributed by atoms with E-state index >= 15 is 0 Å². The summed E-state index contributed by atoms with van der Waals surface area (Å²) in [5, 5.41) is 17.0. The van der Waals surface area contributed by atoms with Gasteiger partial charge in [-0.25, -0.2) is 0 Å². The first-order valence-electron chi connectivity index (χ1n) is 6.51. The molecule has 0 saturated heterocycles. The van der Waals surface area contributed by atoms with Crippen LogP contribution in [-0.4, -0.2) is 26.1 Å². The molecule has 0 fully saturated rings. The lowest BCUT2D eigenvalue weighted by Gasteiger charge is -2.13. The molecule has 0 aromatic heterocycles. The van der Waals surface area contributed by atoms with Crippen molar-refractivity contribution in [3.63, 3.8) is 0 Å². The number of hydrogen-bond donors (Lipinski definition) is 2. The number of anilines is 4. The molecule has 0 aliphatic rings. The fourth-order valence-corrected chi connectivity index (χ4v) is 1.94. The van der Waals surface area contributed by atoms with Crippen LogP contribution in [0.15, 0.2) is 42.5 Å². The number of nitro benzene ring substituents is 1. The van der Waals surface area contributed by atoms with Crippen molar-refractivity contribution in [2.24, 2.45) is 0 Å². The van der Waals surface area contributed by atoms with Gasteiger partial charge in [0.2, 0.25) is 0 Å². The van der Waals surface area contributed by atoms with Crippen LogP contribution in [0.1, 0.15) is 0 Å². The summed E-state index contributed by atoms with van der Waals surface area (Å²) in [5.41, 5.74) is 3.38. The second kappa shape index (κ2) is 6.13.